The van der Waals surface area contributed by atoms with Gasteiger partial charge in [0, 0.05) is 95.0 Å². The number of carboxylic acid groups (broad SMARTS) is 1. The van der Waals surface area contributed by atoms with Crippen molar-refractivity contribution in [2.45, 2.75) is 71.1 Å². The molecule has 2 aromatic rings. The number of aromatic hydroxyl groups is 1. The van der Waals surface area contributed by atoms with Crippen molar-refractivity contribution >= 4 is 75.7 Å². The van der Waals surface area contributed by atoms with Gasteiger partial charge in [-0.25, -0.2) is 37.7 Å². The van der Waals surface area contributed by atoms with Gasteiger partial charge in [-0.05, 0) is 109 Å². The van der Waals surface area contributed by atoms with E-state index in [0.717, 1.165) is 62.4 Å². The van der Waals surface area contributed by atoms with Gasteiger partial charge >= 0.3 is 37.3 Å². The number of carboxylic acids is 1. The average Bonchev–Trinajstić information content (AvgIpc) is 0.750. The summed E-state index contributed by atoms with van der Waals surface area (Å²) in [7, 11) is -15.4. The molecule has 0 saturated heterocycles. The second kappa shape index (κ2) is 48.5. The number of hydrogen-bond donors (Lipinski definition) is 8. The summed E-state index contributed by atoms with van der Waals surface area (Å²) < 4.78 is 93.6. The van der Waals surface area contributed by atoms with Crippen LogP contribution in [0.3, 0.4) is 0 Å². The molecule has 8 N–H and O–H groups in total. The highest BCUT2D eigenvalue weighted by Crippen LogP contribution is 2.48. The molecule has 1 aliphatic carbocycles. The number of rotatable bonds is 59. The Hall–Kier alpha value is -5.21. The van der Waals surface area contributed by atoms with Crippen LogP contribution in [-0.4, -0.2) is 131 Å². The highest BCUT2D eigenvalue weighted by atomic mass is 33.1. The zero-order chi connectivity index (χ0) is 70.5. The third-order valence-corrected chi connectivity index (χ3v) is 17.9. The molecule has 1 heterocycles. The molecule has 0 bridgehead atoms. The fourth-order valence-electron chi connectivity index (χ4n) is 7.38. The summed E-state index contributed by atoms with van der Waals surface area (Å²) in [5, 5.41) is 69.1. The van der Waals surface area contributed by atoms with E-state index in [0.29, 0.717) is 48.0 Å². The molecule has 97 heavy (non-hydrogen) atoms. The molecule has 1 amide bonds. The van der Waals surface area contributed by atoms with Crippen molar-refractivity contribution in [1.29, 1.82) is 0 Å². The van der Waals surface area contributed by atoms with Gasteiger partial charge in [0.15, 0.2) is 18.0 Å². The Balaban J connectivity index is 1.19. The van der Waals surface area contributed by atoms with Gasteiger partial charge in [0.05, 0.1) is 45.2 Å². The summed E-state index contributed by atoms with van der Waals surface area (Å²) in [6.07, 6.45) is 11.2. The van der Waals surface area contributed by atoms with Gasteiger partial charge < -0.3 is 58.6 Å². The standard InChI is InChI=1S/C52H73NO38P4S2/c1-2-21-68-83-89-84-69-24-29-76-93(62,63)77-30-25-71-86-91-88-73-27-32-79-95(66,67)81-39-40(38-80-94(64,65)78-31-26-72-87-90-85-70-23-28-75-92(60,61)74-22-9-3-4-10-33-96-97-34-11-5-8-20-54)12-6-7-19-53-51(57)41-13-16-44(47(35-41)52(58)59)50-45-17-14-42(55)36-48(45)82-49-37-43(56)15-18-46(49)50/h2,13-18,21,25-26,30-31,35-37,40,54-55H,3-12,19-20,22-24,27-29,32-34,38-39H2,1H3,(H,53,57)(H,58,59)(H,60,61)(H,62,63)(H,64,65)(H,66,67)/b21-2+,30-25+,31-26+. The second-order valence-corrected chi connectivity index (χ2v) is 27.2. The fourth-order valence-corrected chi connectivity index (χ4v) is 12.4. The lowest BCUT2D eigenvalue weighted by Gasteiger charge is -2.20. The number of phenolic OH excluding ortho intramolecular Hbond substituents is 1. The maximum atomic E-state index is 13.4. The van der Waals surface area contributed by atoms with Crippen LogP contribution in [0.1, 0.15) is 91.8 Å². The smallest absolute Gasteiger partial charge is 0.508 e. The third kappa shape index (κ3) is 37.7. The van der Waals surface area contributed by atoms with Gasteiger partial charge in [0.2, 0.25) is 0 Å². The fraction of sp³-hybridized carbons (Fsp3) is 0.481. The van der Waals surface area contributed by atoms with Gasteiger partial charge in [-0.15, -0.1) is 0 Å². The zero-order valence-corrected chi connectivity index (χ0v) is 56.6. The molecule has 5 atom stereocenters. The van der Waals surface area contributed by atoms with E-state index >= 15 is 0 Å². The Morgan fingerprint density at radius 1 is 0.557 bits per heavy atom. The van der Waals surface area contributed by atoms with Crippen LogP contribution in [0.2, 0.25) is 0 Å². The highest BCUT2D eigenvalue weighted by Gasteiger charge is 2.29. The Labute approximate surface area is 559 Å². The van der Waals surface area contributed by atoms with Crippen molar-refractivity contribution in [2.24, 2.45) is 5.92 Å². The normalized spacial score (nSPS) is 14.7. The predicted octanol–water partition coefficient (Wildman–Crippen LogP) is 9.83. The van der Waals surface area contributed by atoms with Crippen LogP contribution in [-0.2, 0) is 129 Å². The molecule has 5 unspecified atom stereocenters. The average molecular weight is 1510 g/mol. The molecule has 0 fully saturated rings. The molecule has 1 aliphatic heterocycles. The molecule has 0 aromatic heterocycles. The number of phenols is 1. The maximum absolute atomic E-state index is 13.4. The van der Waals surface area contributed by atoms with E-state index < -0.39 is 102 Å². The Bertz CT molecular complexity index is 3240. The van der Waals surface area contributed by atoms with E-state index in [2.05, 4.69) is 93.6 Å². The van der Waals surface area contributed by atoms with Crippen LogP contribution in [0.4, 0.5) is 0 Å². The van der Waals surface area contributed by atoms with E-state index in [1.807, 2.05) is 0 Å². The first-order chi connectivity index (χ1) is 46.6. The molecule has 0 saturated carbocycles. The number of benzene rings is 3. The number of amides is 1. The van der Waals surface area contributed by atoms with Crippen LogP contribution in [0, 0.1) is 5.92 Å². The Kier molecular flexibility index (Phi) is 42.1. The second-order valence-electron chi connectivity index (χ2n) is 18.7. The minimum Gasteiger partial charge on any atom is -0.508 e. The molecule has 546 valence electrons. The quantitative estimate of drug-likeness (QED) is 0.00387. The van der Waals surface area contributed by atoms with Crippen molar-refractivity contribution in [3.05, 3.63) is 113 Å². The minimum absolute atomic E-state index is 0.00401. The molecule has 0 radical (unpaired) electrons. The number of aliphatic hydroxyl groups excluding tert-OH is 1. The van der Waals surface area contributed by atoms with E-state index in [1.54, 1.807) is 28.5 Å². The van der Waals surface area contributed by atoms with Crippen molar-refractivity contribution in [3.8, 4) is 28.2 Å². The van der Waals surface area contributed by atoms with E-state index in [-0.39, 0.29) is 78.2 Å². The molecule has 45 heteroatoms. The number of carbonyl (C=O) groups excluding carboxylic acids is 1. The first-order valence-electron chi connectivity index (χ1n) is 28.7. The van der Waals surface area contributed by atoms with Crippen LogP contribution in [0.25, 0.3) is 33.4 Å². The Morgan fingerprint density at radius 2 is 1.09 bits per heavy atom. The molecule has 2 aromatic carbocycles. The summed E-state index contributed by atoms with van der Waals surface area (Å²) in [5.74, 6) is -1.04. The summed E-state index contributed by atoms with van der Waals surface area (Å²) in [6, 6.07) is 12.2. The van der Waals surface area contributed by atoms with Crippen molar-refractivity contribution in [3.63, 3.8) is 0 Å². The van der Waals surface area contributed by atoms with Gasteiger partial charge in [-0.1, -0.05) is 53.3 Å². The summed E-state index contributed by atoms with van der Waals surface area (Å²) in [6.45, 7) is -2.70. The minimum atomic E-state index is -4.98. The third-order valence-electron chi connectivity index (χ3n) is 11.6. The maximum Gasteiger partial charge on any atom is 0.527 e. The first-order valence-corrected chi connectivity index (χ1v) is 37.1. The zero-order valence-electron chi connectivity index (χ0n) is 51.4. The largest absolute Gasteiger partial charge is 0.527 e. The van der Waals surface area contributed by atoms with Crippen LogP contribution < -0.4 is 10.7 Å². The van der Waals surface area contributed by atoms with Gasteiger partial charge in [-0.3, -0.25) is 46.5 Å². The Morgan fingerprint density at radius 3 is 1.69 bits per heavy atom. The van der Waals surface area contributed by atoms with Gasteiger partial charge in [0.1, 0.15) is 55.7 Å². The lowest BCUT2D eigenvalue weighted by Crippen LogP contribution is -2.25. The number of aliphatic hydroxyl groups is 1. The lowest BCUT2D eigenvalue weighted by atomic mass is 9.90. The van der Waals surface area contributed by atoms with Crippen molar-refractivity contribution < 1.29 is 178 Å². The number of hydrogen-bond acceptors (Lipinski definition) is 35. The SMILES string of the molecule is C/C=C/OOOOOCCOP(=O)(O)O/C=C/OOOOOCCOP(=O)(O)OCC(CCCCNC(=O)c1ccc(-c2c3ccc(=O)cc-3oc3cc(O)ccc23)c(C(=O)O)c1)COP(=O)(O)O/C=C/OOOOOCCOP(=O)(O)OCCCCCCSSCCCCCO. The van der Waals surface area contributed by atoms with E-state index in [9.17, 15) is 62.4 Å². The number of carbonyl (C=O) groups is 2. The number of phosphoric ester groups is 4. The first kappa shape index (κ1) is 84.2. The molecule has 0 spiro atoms. The summed E-state index contributed by atoms with van der Waals surface area (Å²) in [5.41, 5.74) is 0.373. The van der Waals surface area contributed by atoms with Gasteiger partial charge in [-0.2, -0.15) is 0 Å². The van der Waals surface area contributed by atoms with Crippen LogP contribution in [0.5, 0.6) is 5.75 Å². The summed E-state index contributed by atoms with van der Waals surface area (Å²) >= 11 is 0. The molecule has 2 aliphatic rings. The van der Waals surface area contributed by atoms with Crippen LogP contribution >= 0.6 is 52.9 Å². The van der Waals surface area contributed by atoms with Crippen LogP contribution in [0.15, 0.2) is 101 Å². The molecule has 39 nitrogen and oxygen atoms in total. The van der Waals surface area contributed by atoms with Crippen molar-refractivity contribution in [2.75, 3.05) is 84.1 Å². The number of allylic oxidation sites excluding steroid dienone is 1. The monoisotopic (exact) mass is 1510 g/mol. The lowest BCUT2D eigenvalue weighted by molar-refractivity contribution is -0.700. The summed E-state index contributed by atoms with van der Waals surface area (Å²) in [4.78, 5) is 105. The predicted molar refractivity (Wildman–Crippen MR) is 328 cm³/mol. The topological polar surface area (TPSA) is 499 Å². The van der Waals surface area contributed by atoms with E-state index in [4.69, 9.17) is 32.1 Å². The molecular formula is C52H73NO38P4S2. The number of phosphoric acid groups is 4. The number of aromatic carboxylic acids is 1. The van der Waals surface area contributed by atoms with Crippen molar-refractivity contribution in [1.82, 2.24) is 5.32 Å². The van der Waals surface area contributed by atoms with E-state index in [1.165, 1.54) is 54.6 Å². The number of unbranched alkanes of at least 4 members (excludes halogenated alkanes) is 6. The number of fused-ring (bicyclic) bond motifs is 2. The molecule has 4 rings (SSSR count). The highest BCUT2D eigenvalue weighted by molar-refractivity contribution is 8.76. The number of nitrogens with one attached hydrogen (secondary N) is 1. The molecular weight excluding hydrogens is 1430 g/mol. The van der Waals surface area contributed by atoms with Gasteiger partial charge in [0.25, 0.3) is 5.91 Å².